The zero-order valence-corrected chi connectivity index (χ0v) is 15.5. The first-order valence-corrected chi connectivity index (χ1v) is 9.68. The molecule has 0 heterocycles. The number of carbonyl (C=O) groups excluding carboxylic acids is 2. The van der Waals surface area contributed by atoms with Crippen LogP contribution >= 0.6 is 0 Å². The van der Waals surface area contributed by atoms with Crippen molar-refractivity contribution in [1.29, 1.82) is 0 Å². The topological polar surface area (TPSA) is 106 Å². The highest BCUT2D eigenvalue weighted by molar-refractivity contribution is 7.89. The number of ketones is 2. The molecular weight excluding hydrogens is 347 g/mol. The van der Waals surface area contributed by atoms with Gasteiger partial charge in [-0.3, -0.25) is 9.59 Å². The first-order valence-electron chi connectivity index (χ1n) is 8.20. The fraction of sp³-hybridized carbons (Fsp3) is 0.529. The van der Waals surface area contributed by atoms with Crippen molar-refractivity contribution in [3.63, 3.8) is 0 Å². The molecule has 0 saturated carbocycles. The molecule has 140 valence electrons. The smallest absolute Gasteiger partial charge is 0.241 e. The van der Waals surface area contributed by atoms with Crippen molar-refractivity contribution in [3.8, 4) is 0 Å². The highest BCUT2D eigenvalue weighted by Gasteiger charge is 2.32. The number of halogens is 1. The number of sulfonamides is 1. The van der Waals surface area contributed by atoms with Crippen molar-refractivity contribution < 1.29 is 22.4 Å². The Kier molecular flexibility index (Phi) is 7.85. The lowest BCUT2D eigenvalue weighted by molar-refractivity contribution is -0.138. The predicted molar refractivity (Wildman–Crippen MR) is 92.9 cm³/mol. The Bertz CT molecular complexity index is 702. The molecule has 0 aliphatic carbocycles. The van der Waals surface area contributed by atoms with E-state index in [0.717, 1.165) is 24.3 Å². The summed E-state index contributed by atoms with van der Waals surface area (Å²) in [6.45, 7) is 5.45. The van der Waals surface area contributed by atoms with Crippen molar-refractivity contribution in [2.45, 2.75) is 57.0 Å². The molecule has 0 unspecified atom stereocenters. The van der Waals surface area contributed by atoms with Gasteiger partial charge in [0.25, 0.3) is 0 Å². The first kappa shape index (κ1) is 21.4. The average molecular weight is 372 g/mol. The zero-order valence-electron chi connectivity index (χ0n) is 14.7. The van der Waals surface area contributed by atoms with Crippen LogP contribution in [0.3, 0.4) is 0 Å². The number of rotatable bonds is 10. The molecule has 3 N–H and O–H groups in total. The van der Waals surface area contributed by atoms with Crippen molar-refractivity contribution in [3.05, 3.63) is 30.1 Å². The standard InChI is InChI=1S/C17H25FN2O4S/c1-4-5-14(19)16(21)17(22)15(10-11(2)3)20-25(23,24)13-8-6-12(18)7-9-13/h6-9,11,14-15,20H,4-5,10,19H2,1-3H3/t14-,15-/m0/s1. The molecule has 1 aromatic carbocycles. The molecule has 0 bridgehead atoms. The molecule has 1 aromatic rings. The first-order chi connectivity index (χ1) is 11.6. The molecular formula is C17H25FN2O4S. The van der Waals surface area contributed by atoms with E-state index < -0.39 is 39.5 Å². The van der Waals surface area contributed by atoms with Gasteiger partial charge in [-0.1, -0.05) is 27.2 Å². The summed E-state index contributed by atoms with van der Waals surface area (Å²) in [7, 11) is -4.07. The van der Waals surface area contributed by atoms with Gasteiger partial charge in [-0.15, -0.1) is 0 Å². The number of nitrogens with two attached hydrogens (primary N) is 1. The Morgan fingerprint density at radius 3 is 2.20 bits per heavy atom. The van der Waals surface area contributed by atoms with Gasteiger partial charge < -0.3 is 5.73 Å². The molecule has 0 fully saturated rings. The number of Topliss-reactive ketones (excluding diaryl/α,β-unsaturated/α-hetero) is 2. The van der Waals surface area contributed by atoms with Crippen LogP contribution in [0.25, 0.3) is 0 Å². The van der Waals surface area contributed by atoms with Crippen LogP contribution in [-0.2, 0) is 19.6 Å². The number of hydrogen-bond donors (Lipinski definition) is 2. The van der Waals surface area contributed by atoms with Crippen LogP contribution in [0.5, 0.6) is 0 Å². The van der Waals surface area contributed by atoms with Crippen molar-refractivity contribution in [1.82, 2.24) is 4.72 Å². The highest BCUT2D eigenvalue weighted by atomic mass is 32.2. The van der Waals surface area contributed by atoms with Crippen LogP contribution in [0, 0.1) is 11.7 Å². The molecule has 6 nitrogen and oxygen atoms in total. The third kappa shape index (κ3) is 6.30. The summed E-state index contributed by atoms with van der Waals surface area (Å²) in [5.74, 6) is -2.23. The maximum atomic E-state index is 13.0. The largest absolute Gasteiger partial charge is 0.321 e. The number of hydrogen-bond acceptors (Lipinski definition) is 5. The second-order valence-electron chi connectivity index (χ2n) is 6.38. The minimum Gasteiger partial charge on any atom is -0.321 e. The van der Waals surface area contributed by atoms with Gasteiger partial charge >= 0.3 is 0 Å². The molecule has 0 amide bonds. The molecule has 0 aliphatic heterocycles. The monoisotopic (exact) mass is 372 g/mol. The summed E-state index contributed by atoms with van der Waals surface area (Å²) in [6.07, 6.45) is 1.14. The van der Waals surface area contributed by atoms with Crippen LogP contribution in [0.1, 0.15) is 40.0 Å². The quantitative estimate of drug-likeness (QED) is 0.609. The van der Waals surface area contributed by atoms with E-state index in [2.05, 4.69) is 4.72 Å². The van der Waals surface area contributed by atoms with E-state index in [1.54, 1.807) is 0 Å². The molecule has 0 spiro atoms. The number of carbonyl (C=O) groups is 2. The Morgan fingerprint density at radius 1 is 1.16 bits per heavy atom. The maximum absolute atomic E-state index is 13.0. The van der Waals surface area contributed by atoms with Crippen LogP contribution < -0.4 is 10.5 Å². The SMILES string of the molecule is CCC[C@H](N)C(=O)C(=O)[C@H](CC(C)C)NS(=O)(=O)c1ccc(F)cc1. The minimum atomic E-state index is -4.07. The zero-order chi connectivity index (χ0) is 19.2. The highest BCUT2D eigenvalue weighted by Crippen LogP contribution is 2.14. The third-order valence-electron chi connectivity index (χ3n) is 3.62. The lowest BCUT2D eigenvalue weighted by Gasteiger charge is -2.20. The van der Waals surface area contributed by atoms with Crippen molar-refractivity contribution in [2.24, 2.45) is 11.7 Å². The van der Waals surface area contributed by atoms with E-state index in [1.165, 1.54) is 0 Å². The Morgan fingerprint density at radius 2 is 1.72 bits per heavy atom. The van der Waals surface area contributed by atoms with E-state index >= 15 is 0 Å². The normalized spacial score (nSPS) is 14.3. The minimum absolute atomic E-state index is 0.0277. The molecule has 1 rings (SSSR count). The summed E-state index contributed by atoms with van der Waals surface area (Å²) in [4.78, 5) is 24.4. The van der Waals surface area contributed by atoms with Gasteiger partial charge in [-0.25, -0.2) is 17.5 Å². The Hall–Kier alpha value is -1.64. The summed E-state index contributed by atoms with van der Waals surface area (Å²) in [5, 5.41) is 0. The van der Waals surface area contributed by atoms with Gasteiger partial charge in [0.05, 0.1) is 17.0 Å². The summed E-state index contributed by atoms with van der Waals surface area (Å²) < 4.78 is 40.1. The third-order valence-corrected chi connectivity index (χ3v) is 5.11. The maximum Gasteiger partial charge on any atom is 0.241 e. The fourth-order valence-electron chi connectivity index (χ4n) is 2.35. The van der Waals surface area contributed by atoms with Crippen molar-refractivity contribution >= 4 is 21.6 Å². The van der Waals surface area contributed by atoms with Crippen LogP contribution in [0.15, 0.2) is 29.2 Å². The van der Waals surface area contributed by atoms with Gasteiger partial charge in [0.1, 0.15) is 5.82 Å². The van der Waals surface area contributed by atoms with E-state index in [-0.39, 0.29) is 17.2 Å². The molecule has 0 saturated heterocycles. The van der Waals surface area contributed by atoms with Crippen LogP contribution in [0.4, 0.5) is 4.39 Å². The lowest BCUT2D eigenvalue weighted by Crippen LogP contribution is -2.49. The molecule has 25 heavy (non-hydrogen) atoms. The molecule has 0 radical (unpaired) electrons. The number of nitrogens with one attached hydrogen (secondary N) is 1. The van der Waals surface area contributed by atoms with E-state index in [4.69, 9.17) is 5.73 Å². The Balaban J connectivity index is 3.04. The second-order valence-corrected chi connectivity index (χ2v) is 8.09. The van der Waals surface area contributed by atoms with E-state index in [0.29, 0.717) is 12.8 Å². The van der Waals surface area contributed by atoms with E-state index in [9.17, 15) is 22.4 Å². The van der Waals surface area contributed by atoms with Crippen molar-refractivity contribution in [2.75, 3.05) is 0 Å². The van der Waals surface area contributed by atoms with Crippen LogP contribution in [-0.4, -0.2) is 32.1 Å². The van der Waals surface area contributed by atoms with Gasteiger partial charge in [0.2, 0.25) is 21.6 Å². The van der Waals surface area contributed by atoms with E-state index in [1.807, 2.05) is 20.8 Å². The van der Waals surface area contributed by atoms with Gasteiger partial charge in [-0.2, -0.15) is 0 Å². The van der Waals surface area contributed by atoms with Gasteiger partial charge in [0, 0.05) is 0 Å². The lowest BCUT2D eigenvalue weighted by atomic mass is 9.95. The van der Waals surface area contributed by atoms with Crippen LogP contribution in [0.2, 0.25) is 0 Å². The predicted octanol–water partition coefficient (Wildman–Crippen LogP) is 1.78. The fourth-order valence-corrected chi connectivity index (χ4v) is 3.55. The summed E-state index contributed by atoms with van der Waals surface area (Å²) in [5.41, 5.74) is 5.70. The molecule has 0 aliphatic rings. The summed E-state index contributed by atoms with van der Waals surface area (Å²) in [6, 6.07) is 2.07. The Labute approximate surface area is 148 Å². The average Bonchev–Trinajstić information content (AvgIpc) is 2.52. The molecule has 0 aromatic heterocycles. The second kappa shape index (κ2) is 9.17. The number of benzene rings is 1. The van der Waals surface area contributed by atoms with Gasteiger partial charge in [-0.05, 0) is 43.0 Å². The van der Waals surface area contributed by atoms with Gasteiger partial charge in [0.15, 0.2) is 0 Å². The molecule has 8 heteroatoms. The molecule has 2 atom stereocenters. The summed E-state index contributed by atoms with van der Waals surface area (Å²) >= 11 is 0.